The number of nitrogens with one attached hydrogen (secondary N) is 4. The molecule has 0 spiro atoms. The van der Waals surface area contributed by atoms with Crippen molar-refractivity contribution in [2.75, 3.05) is 64.1 Å². The van der Waals surface area contributed by atoms with Crippen molar-refractivity contribution in [3.05, 3.63) is 60.7 Å². The molecule has 5 aromatic rings. The maximum Gasteiger partial charge on any atom is 0.274 e. The molecule has 2 saturated carbocycles. The SMILES string of the molecule is CC(C)(COP(=O)([O-])OP(=O)([O-])OCC1OC(n2cnc3c(N)ncnc32)C(O)C1OP(=O)([O-])[O-])C(O)C(=O)NCCC(=O)NCCC(=O)C1(CCCCCc2ccc(CCCCC3(C(=O)CCNC(=O)CCNC(=O)C(O)C(C)(C)COP(=O)([O-])OP(=O)([O-])OCC4OC(n5cnc6c(N)ncnc65)C(O)C4OP(=O)([O-])[O-])CC3)cc2)CC1. The number of hydrogen-bond acceptors (Lipinski definition) is 42. The molecule has 1 aromatic carbocycles. The van der Waals surface area contributed by atoms with Crippen LogP contribution in [-0.2, 0) is 114 Å². The predicted octanol–water partition coefficient (Wildman–Crippen LogP) is -3.24. The number of imidazole rings is 2. The highest BCUT2D eigenvalue weighted by Crippen LogP contribution is 2.59. The number of unbranched alkanes of at least 4 members (excludes halogenated alkanes) is 3. The summed E-state index contributed by atoms with van der Waals surface area (Å²) in [4.78, 5) is 198. The number of rotatable bonds is 51. The van der Waals surface area contributed by atoms with E-state index in [4.69, 9.17) is 20.9 Å². The number of phosphoric acid groups is 6. The van der Waals surface area contributed by atoms with Crippen molar-refractivity contribution >= 4 is 116 Å². The van der Waals surface area contributed by atoms with Crippen LogP contribution >= 0.6 is 46.9 Å². The minimum absolute atomic E-state index is 0.0194. The normalized spacial score (nSPS) is 23.0. The number of nitrogens with two attached hydrogens (primary N) is 2. The number of nitrogens with zero attached hydrogens (tertiary/aromatic N) is 8. The second kappa shape index (κ2) is 40.1. The van der Waals surface area contributed by atoms with Gasteiger partial charge in [-0.05, 0) is 75.3 Å². The van der Waals surface area contributed by atoms with Crippen molar-refractivity contribution in [1.29, 1.82) is 0 Å². The van der Waals surface area contributed by atoms with E-state index in [9.17, 15) is 116 Å². The largest absolute Gasteiger partial charge is 0.790 e. The van der Waals surface area contributed by atoms with Crippen LogP contribution < -0.4 is 71.9 Å². The standard InChI is InChI=1S/C65H100N14O34P6/c1-62(2,32-106-118(100,101)112-116(96,97)104-30-40-50(110-114(90,91)92)48(84)60(108-40)78-36-76-46-54(66)72-34-74-56(46)78)52(86)58(88)70-28-18-44(82)68-26-16-42(80)64(22-23-64)20-8-5-6-10-38-12-14-39(15-13-38)11-7-9-21-65(24-25-65)43(81)17-27-69-45(83)19-29-71-59(89)53(87)63(3,4)33-107-119(102,103)113-117(98,99)105-31-41-51(111-115(93,94)95)49(85)61(109-41)79-37-77-47-55(67)73-35-75-57(47)79/h12-15,34-37,40-41,48-53,60-61,84-87H,5-11,16-33H2,1-4H3,(H,68,82)(H,69,83)(H,70,88)(H,71,89)(H,96,97)(H,98,99)(H,100,101)(H,102,103)(H2,66,72,74)(H2,67,73,75)(H2,90,91,92)(H2,93,94,95)/p-8. The molecular weight excluding hydrogens is 1710 g/mol. The van der Waals surface area contributed by atoms with Crippen molar-refractivity contribution in [2.45, 2.75) is 198 Å². The molecule has 54 heteroatoms. The maximum atomic E-state index is 13.3. The van der Waals surface area contributed by atoms with Gasteiger partial charge in [-0.25, -0.2) is 38.5 Å². The fraction of sp³-hybridized carbons (Fsp3) is 0.662. The van der Waals surface area contributed by atoms with Gasteiger partial charge in [0.25, 0.3) is 31.3 Å². The van der Waals surface area contributed by atoms with E-state index in [1.54, 1.807) is 0 Å². The summed E-state index contributed by atoms with van der Waals surface area (Å²) in [7, 11) is -35.6. The van der Waals surface area contributed by atoms with Crippen LogP contribution in [0.25, 0.3) is 22.3 Å². The number of ketones is 2. The molecule has 14 unspecified atom stereocenters. The molecule has 2 aliphatic heterocycles. The van der Waals surface area contributed by atoms with Gasteiger partial charge in [0.15, 0.2) is 35.4 Å². The van der Waals surface area contributed by atoms with Crippen LogP contribution in [0.15, 0.2) is 49.6 Å². The molecule has 664 valence electrons. The third kappa shape index (κ3) is 27.6. The van der Waals surface area contributed by atoms with Gasteiger partial charge in [0, 0.05) is 73.5 Å². The Morgan fingerprint density at radius 1 is 0.513 bits per heavy atom. The van der Waals surface area contributed by atoms with E-state index in [2.05, 4.69) is 111 Å². The summed E-state index contributed by atoms with van der Waals surface area (Å²) < 4.78 is 123. The van der Waals surface area contributed by atoms with E-state index in [1.165, 1.54) is 33.3 Å². The minimum atomic E-state index is -5.98. The highest BCUT2D eigenvalue weighted by atomic mass is 31.3. The first-order valence-electron chi connectivity index (χ1n) is 37.3. The van der Waals surface area contributed by atoms with E-state index in [0.29, 0.717) is 12.8 Å². The summed E-state index contributed by atoms with van der Waals surface area (Å²) >= 11 is 0. The van der Waals surface area contributed by atoms with Crippen LogP contribution in [0.5, 0.6) is 0 Å². The molecule has 4 amide bonds. The Kier molecular flexibility index (Phi) is 32.5. The fourth-order valence-corrected chi connectivity index (χ4v) is 18.7. The van der Waals surface area contributed by atoms with Crippen molar-refractivity contribution in [3.63, 3.8) is 0 Å². The number of carbonyl (C=O) groups excluding carboxylic acids is 6. The lowest BCUT2D eigenvalue weighted by Gasteiger charge is -2.36. The first kappa shape index (κ1) is 96.5. The number of anilines is 2. The lowest BCUT2D eigenvalue weighted by molar-refractivity contribution is -0.348. The number of Topliss-reactive ketones (excluding diaryl/α,β-unsaturated/α-hetero) is 2. The average Bonchev–Trinajstić information content (AvgIpc) is 2.06. The maximum absolute atomic E-state index is 13.3. The number of aryl methyl sites for hydroxylation is 2. The molecular formula is C65H92N14O34P6-8. The molecule has 0 radical (unpaired) electrons. The molecule has 4 aliphatic rings. The number of aromatic nitrogens is 8. The summed E-state index contributed by atoms with van der Waals surface area (Å²) in [6.45, 7) is -0.472. The molecule has 0 bridgehead atoms. The molecule has 48 nitrogen and oxygen atoms in total. The number of nitrogen functional groups attached to an aromatic ring is 2. The fourth-order valence-electron chi connectivity index (χ4n) is 13.3. The molecule has 4 fully saturated rings. The van der Waals surface area contributed by atoms with Crippen LogP contribution in [0.3, 0.4) is 0 Å². The topological polar surface area (TPSA) is 750 Å². The second-order valence-corrected chi connectivity index (χ2v) is 38.6. The Bertz CT molecular complexity index is 4720. The summed E-state index contributed by atoms with van der Waals surface area (Å²) in [5, 5.41) is 53.3. The highest BCUT2D eigenvalue weighted by molar-refractivity contribution is 7.60. The Hall–Kier alpha value is -6.36. The Morgan fingerprint density at radius 2 is 0.857 bits per heavy atom. The number of hydrogen-bond donors (Lipinski definition) is 10. The minimum Gasteiger partial charge on any atom is -0.790 e. The summed E-state index contributed by atoms with van der Waals surface area (Å²) in [6.07, 6.45) is -5.30. The third-order valence-corrected chi connectivity index (χ3v) is 26.4. The smallest absolute Gasteiger partial charge is 0.274 e. The van der Waals surface area contributed by atoms with Crippen molar-refractivity contribution in [1.82, 2.24) is 60.3 Å². The van der Waals surface area contributed by atoms with Gasteiger partial charge in [0.2, 0.25) is 23.6 Å². The summed E-state index contributed by atoms with van der Waals surface area (Å²) in [5.74, 6) is -3.29. The van der Waals surface area contributed by atoms with E-state index in [1.807, 2.05) is 0 Å². The van der Waals surface area contributed by atoms with Gasteiger partial charge in [-0.15, -0.1) is 0 Å². The molecule has 6 heterocycles. The lowest BCUT2D eigenvalue weighted by atomic mass is 9.87. The van der Waals surface area contributed by atoms with Gasteiger partial charge >= 0.3 is 0 Å². The van der Waals surface area contributed by atoms with Gasteiger partial charge < -0.3 is 138 Å². The van der Waals surface area contributed by atoms with E-state index >= 15 is 0 Å². The van der Waals surface area contributed by atoms with E-state index in [0.717, 1.165) is 111 Å². The van der Waals surface area contributed by atoms with Crippen molar-refractivity contribution in [2.24, 2.45) is 21.7 Å². The van der Waals surface area contributed by atoms with E-state index < -0.39 is 180 Å². The van der Waals surface area contributed by atoms with E-state index in [-0.39, 0.29) is 97.4 Å². The van der Waals surface area contributed by atoms with Crippen LogP contribution in [0.2, 0.25) is 0 Å². The molecule has 12 N–H and O–H groups in total. The Labute approximate surface area is 679 Å². The molecule has 2 aliphatic carbocycles. The van der Waals surface area contributed by atoms with Crippen LogP contribution in [0.4, 0.5) is 11.6 Å². The zero-order chi connectivity index (χ0) is 87.5. The Morgan fingerprint density at radius 3 is 1.22 bits per heavy atom. The molecule has 14 atom stereocenters. The first-order valence-corrected chi connectivity index (χ1v) is 46.1. The quantitative estimate of drug-likeness (QED) is 0.0135. The van der Waals surface area contributed by atoms with Gasteiger partial charge in [0.1, 0.15) is 84.1 Å². The Balaban J connectivity index is 0.573. The average molecular weight is 1800 g/mol. The van der Waals surface area contributed by atoms with Gasteiger partial charge in [0.05, 0.1) is 54.7 Å². The van der Waals surface area contributed by atoms with Crippen LogP contribution in [-0.4, -0.2) is 196 Å². The number of benzene rings is 1. The van der Waals surface area contributed by atoms with Crippen molar-refractivity contribution in [3.8, 4) is 0 Å². The zero-order valence-corrected chi connectivity index (χ0v) is 69.9. The number of ether oxygens (including phenoxy) is 2. The van der Waals surface area contributed by atoms with Crippen LogP contribution in [0, 0.1) is 21.7 Å². The van der Waals surface area contributed by atoms with Crippen molar-refractivity contribution < 1.29 is 161 Å². The molecule has 119 heavy (non-hydrogen) atoms. The summed E-state index contributed by atoms with van der Waals surface area (Å²) in [5.41, 5.74) is 9.42. The number of amides is 4. The second-order valence-electron chi connectivity index (χ2n) is 30.5. The summed E-state index contributed by atoms with van der Waals surface area (Å²) in [6, 6.07) is 8.36. The monoisotopic (exact) mass is 1800 g/mol. The number of fused-ring (bicyclic) bond motifs is 2. The number of aliphatic hydroxyl groups excluding tert-OH is 4. The molecule has 2 saturated heterocycles. The number of carbonyl (C=O) groups is 6. The molecule has 9 rings (SSSR count). The highest BCUT2D eigenvalue weighted by Gasteiger charge is 2.52. The number of aliphatic hydroxyl groups is 4. The van der Waals surface area contributed by atoms with Crippen LogP contribution in [0.1, 0.15) is 148 Å². The zero-order valence-electron chi connectivity index (χ0n) is 64.5. The van der Waals surface area contributed by atoms with Gasteiger partial charge in [-0.1, -0.05) is 71.2 Å². The lowest BCUT2D eigenvalue weighted by Crippen LogP contribution is -2.46. The number of phosphoric ester groups is 6. The molecule has 4 aromatic heterocycles. The third-order valence-electron chi connectivity index (χ3n) is 20.4. The first-order chi connectivity index (χ1) is 55.5. The predicted molar refractivity (Wildman–Crippen MR) is 390 cm³/mol. The van der Waals surface area contributed by atoms with Gasteiger partial charge in [-0.2, -0.15) is 0 Å². The van der Waals surface area contributed by atoms with Gasteiger partial charge in [-0.3, -0.25) is 56.2 Å².